The lowest BCUT2D eigenvalue weighted by Gasteiger charge is -2.20. The van der Waals surface area contributed by atoms with Gasteiger partial charge in [0.2, 0.25) is 5.82 Å². The minimum Gasteiger partial charge on any atom is -0.405 e. The van der Waals surface area contributed by atoms with Crippen LogP contribution in [0.2, 0.25) is 0 Å². The van der Waals surface area contributed by atoms with Gasteiger partial charge in [0, 0.05) is 25.0 Å². The van der Waals surface area contributed by atoms with Crippen molar-refractivity contribution < 1.29 is 22.7 Å². The molecule has 2 aromatic heterocycles. The molecular weight excluding hydrogens is 411 g/mol. The zero-order valence-electron chi connectivity index (χ0n) is 16.7. The minimum atomic E-state index is -4.72. The first-order valence-electron chi connectivity index (χ1n) is 10.1. The number of para-hydroxylation sites is 1. The number of alkyl halides is 3. The summed E-state index contributed by atoms with van der Waals surface area (Å²) in [6, 6.07) is 8.12. The van der Waals surface area contributed by atoms with Gasteiger partial charge in [0.15, 0.2) is 0 Å². The summed E-state index contributed by atoms with van der Waals surface area (Å²) in [6.07, 6.45) is -1.56. The average molecular weight is 431 g/mol. The van der Waals surface area contributed by atoms with Crippen molar-refractivity contribution in [1.82, 2.24) is 24.5 Å². The van der Waals surface area contributed by atoms with Gasteiger partial charge in [0.1, 0.15) is 5.75 Å². The molecule has 0 radical (unpaired) electrons. The van der Waals surface area contributed by atoms with Crippen molar-refractivity contribution in [3.8, 4) is 5.75 Å². The lowest BCUT2D eigenvalue weighted by Crippen LogP contribution is -2.31. The molecule has 1 saturated heterocycles. The number of benzene rings is 1. The van der Waals surface area contributed by atoms with Gasteiger partial charge < -0.3 is 9.64 Å². The number of amides is 1. The third-order valence-corrected chi connectivity index (χ3v) is 6.23. The molecule has 2 fully saturated rings. The van der Waals surface area contributed by atoms with Gasteiger partial charge in [0.05, 0.1) is 0 Å². The lowest BCUT2D eigenvalue weighted by atomic mass is 9.95. The summed E-state index contributed by atoms with van der Waals surface area (Å²) in [5.41, 5.74) is 1.37. The number of carbonyl (C=O) groups excluding carboxylic acids is 1. The van der Waals surface area contributed by atoms with E-state index in [1.807, 2.05) is 6.92 Å². The first-order chi connectivity index (χ1) is 14.8. The van der Waals surface area contributed by atoms with Crippen molar-refractivity contribution >= 4 is 11.7 Å². The van der Waals surface area contributed by atoms with Crippen LogP contribution in [0, 0.1) is 18.8 Å². The molecule has 3 atom stereocenters. The van der Waals surface area contributed by atoms with Crippen LogP contribution in [0.3, 0.4) is 0 Å². The summed E-state index contributed by atoms with van der Waals surface area (Å²) in [4.78, 5) is 19.1. The molecule has 1 aliphatic heterocycles. The Bertz CT molecular complexity index is 1130. The van der Waals surface area contributed by atoms with Crippen LogP contribution >= 0.6 is 0 Å². The third kappa shape index (κ3) is 3.70. The number of carbonyl (C=O) groups is 1. The van der Waals surface area contributed by atoms with Crippen molar-refractivity contribution in [2.75, 3.05) is 13.1 Å². The average Bonchev–Trinajstić information content (AvgIpc) is 3.39. The fraction of sp³-hybridized carbons (Fsp3) is 0.429. The van der Waals surface area contributed by atoms with Crippen LogP contribution in [-0.2, 0) is 0 Å². The Labute approximate surface area is 175 Å². The fourth-order valence-corrected chi connectivity index (χ4v) is 4.92. The van der Waals surface area contributed by atoms with Gasteiger partial charge in [-0.1, -0.05) is 18.2 Å². The molecule has 162 valence electrons. The maximum absolute atomic E-state index is 13.0. The Morgan fingerprint density at radius 2 is 1.81 bits per heavy atom. The summed E-state index contributed by atoms with van der Waals surface area (Å²) in [5, 5.41) is 8.00. The van der Waals surface area contributed by atoms with E-state index in [0.717, 1.165) is 5.69 Å². The van der Waals surface area contributed by atoms with Gasteiger partial charge in [-0.15, -0.1) is 23.4 Å². The highest BCUT2D eigenvalue weighted by Gasteiger charge is 2.44. The molecule has 1 saturated carbocycles. The van der Waals surface area contributed by atoms with E-state index in [4.69, 9.17) is 0 Å². The number of fused-ring (bicyclic) bond motifs is 2. The van der Waals surface area contributed by atoms with Gasteiger partial charge in [-0.2, -0.15) is 0 Å². The molecular formula is C21H20F3N5O2. The normalized spacial score (nSPS) is 23.4. The summed E-state index contributed by atoms with van der Waals surface area (Å²) < 4.78 is 44.1. The van der Waals surface area contributed by atoms with Gasteiger partial charge in [-0.25, -0.2) is 4.98 Å². The second-order valence-corrected chi connectivity index (χ2v) is 8.25. The summed E-state index contributed by atoms with van der Waals surface area (Å²) in [5.74, 6) is 0.703. The minimum absolute atomic E-state index is 0.0214. The second kappa shape index (κ2) is 7.21. The molecule has 5 rings (SSSR count). The first kappa shape index (κ1) is 19.8. The molecule has 1 aromatic carbocycles. The maximum Gasteiger partial charge on any atom is 0.573 e. The van der Waals surface area contributed by atoms with E-state index in [1.54, 1.807) is 39.8 Å². The maximum atomic E-state index is 13.0. The predicted molar refractivity (Wildman–Crippen MR) is 104 cm³/mol. The topological polar surface area (TPSA) is 72.6 Å². The number of aromatic nitrogens is 4. The fourth-order valence-electron chi connectivity index (χ4n) is 4.92. The van der Waals surface area contributed by atoms with E-state index < -0.39 is 6.36 Å². The van der Waals surface area contributed by atoms with E-state index in [1.165, 1.54) is 6.07 Å². The molecule has 3 aromatic rings. The summed E-state index contributed by atoms with van der Waals surface area (Å²) >= 11 is 0. The van der Waals surface area contributed by atoms with E-state index >= 15 is 0 Å². The largest absolute Gasteiger partial charge is 0.573 e. The number of hydrogen-bond acceptors (Lipinski definition) is 5. The monoisotopic (exact) mass is 431 g/mol. The molecule has 0 N–H and O–H groups in total. The highest BCUT2D eigenvalue weighted by Crippen LogP contribution is 2.48. The Kier molecular flexibility index (Phi) is 4.60. The summed E-state index contributed by atoms with van der Waals surface area (Å²) in [7, 11) is 0. The van der Waals surface area contributed by atoms with Crippen LogP contribution in [0.25, 0.3) is 5.78 Å². The van der Waals surface area contributed by atoms with Crippen LogP contribution in [-0.4, -0.2) is 49.8 Å². The molecule has 31 heavy (non-hydrogen) atoms. The number of hydrogen-bond donors (Lipinski definition) is 0. The van der Waals surface area contributed by atoms with Crippen LogP contribution in [0.4, 0.5) is 13.2 Å². The van der Waals surface area contributed by atoms with Crippen molar-refractivity contribution in [1.29, 1.82) is 0 Å². The third-order valence-electron chi connectivity index (χ3n) is 6.23. The number of rotatable bonds is 3. The number of nitrogens with zero attached hydrogens (tertiary/aromatic N) is 5. The number of aryl methyl sites for hydroxylation is 1. The van der Waals surface area contributed by atoms with Crippen molar-refractivity contribution in [3.63, 3.8) is 0 Å². The molecule has 3 heterocycles. The SMILES string of the molecule is Cc1ccn2c(C(=O)N3C[C@H]4C[C@@H](c5ccccc5OC(F)(F)F)C[C@H]4C3)nnc2n1. The van der Waals surface area contributed by atoms with Gasteiger partial charge >= 0.3 is 6.36 Å². The van der Waals surface area contributed by atoms with Crippen LogP contribution < -0.4 is 4.74 Å². The lowest BCUT2D eigenvalue weighted by molar-refractivity contribution is -0.275. The molecule has 1 amide bonds. The smallest absolute Gasteiger partial charge is 0.405 e. The Morgan fingerprint density at radius 1 is 1.10 bits per heavy atom. The molecule has 0 spiro atoms. The highest BCUT2D eigenvalue weighted by atomic mass is 19.4. The number of ether oxygens (including phenoxy) is 1. The van der Waals surface area contributed by atoms with Crippen molar-refractivity contribution in [3.05, 3.63) is 53.6 Å². The molecule has 7 nitrogen and oxygen atoms in total. The predicted octanol–water partition coefficient (Wildman–Crippen LogP) is 3.60. The van der Waals surface area contributed by atoms with Crippen LogP contribution in [0.5, 0.6) is 5.75 Å². The van der Waals surface area contributed by atoms with Gasteiger partial charge in [-0.05, 0) is 55.2 Å². The van der Waals surface area contributed by atoms with E-state index in [2.05, 4.69) is 19.9 Å². The Morgan fingerprint density at radius 3 is 2.52 bits per heavy atom. The van der Waals surface area contributed by atoms with Crippen LogP contribution in [0.15, 0.2) is 36.5 Å². The van der Waals surface area contributed by atoms with Crippen molar-refractivity contribution in [2.24, 2.45) is 11.8 Å². The van der Waals surface area contributed by atoms with E-state index in [-0.39, 0.29) is 35.2 Å². The molecule has 2 aliphatic rings. The molecule has 10 heteroatoms. The quantitative estimate of drug-likeness (QED) is 0.634. The van der Waals surface area contributed by atoms with Crippen LogP contribution in [0.1, 0.15) is 40.6 Å². The standard InChI is InChI=1S/C21H20F3N5O2/c1-12-6-7-29-18(26-27-20(29)25-12)19(30)28-10-14-8-13(9-15(14)11-28)16-4-2-3-5-17(16)31-21(22,23)24/h2-7,13-15H,8-11H2,1H3/t13-,14-,15+. The Hall–Kier alpha value is -3.17. The van der Waals surface area contributed by atoms with Gasteiger partial charge in [-0.3, -0.25) is 9.20 Å². The summed E-state index contributed by atoms with van der Waals surface area (Å²) in [6.45, 7) is 2.94. The van der Waals surface area contributed by atoms with E-state index in [9.17, 15) is 18.0 Å². The van der Waals surface area contributed by atoms with Crippen molar-refractivity contribution in [2.45, 2.75) is 32.0 Å². The Balaban J connectivity index is 1.30. The highest BCUT2D eigenvalue weighted by molar-refractivity contribution is 5.91. The molecule has 1 aliphatic carbocycles. The first-order valence-corrected chi connectivity index (χ1v) is 10.1. The zero-order chi connectivity index (χ0) is 21.8. The molecule has 0 bridgehead atoms. The number of halogens is 3. The zero-order valence-corrected chi connectivity index (χ0v) is 16.7. The number of likely N-dealkylation sites (tertiary alicyclic amines) is 1. The second-order valence-electron chi connectivity index (χ2n) is 8.25. The van der Waals surface area contributed by atoms with E-state index in [0.29, 0.717) is 37.3 Å². The molecule has 0 unspecified atom stereocenters. The van der Waals surface area contributed by atoms with Gasteiger partial charge in [0.25, 0.3) is 11.7 Å².